The van der Waals surface area contributed by atoms with E-state index in [-0.39, 0.29) is 16.6 Å². The molecule has 2 fully saturated rings. The summed E-state index contributed by atoms with van der Waals surface area (Å²) in [5, 5.41) is 0.721. The zero-order valence-electron chi connectivity index (χ0n) is 9.62. The third-order valence-corrected chi connectivity index (χ3v) is 5.46. The number of ether oxygens (including phenoxy) is 1. The van der Waals surface area contributed by atoms with Crippen molar-refractivity contribution in [2.75, 3.05) is 30.8 Å². The topological polar surface area (TPSA) is 46.6 Å². The van der Waals surface area contributed by atoms with Gasteiger partial charge in [0.05, 0.1) is 0 Å². The van der Waals surface area contributed by atoms with Crippen LogP contribution in [0.5, 0.6) is 0 Å². The number of amides is 2. The van der Waals surface area contributed by atoms with Crippen LogP contribution in [0, 0.1) is 5.41 Å². The molecule has 2 saturated heterocycles. The number of alkyl halides is 1. The Morgan fingerprint density at radius 2 is 2.06 bits per heavy atom. The minimum Gasteiger partial charge on any atom is -0.381 e. The fourth-order valence-corrected chi connectivity index (χ4v) is 3.68. The van der Waals surface area contributed by atoms with Crippen LogP contribution in [0.4, 0.5) is 4.79 Å². The third kappa shape index (κ3) is 3.03. The van der Waals surface area contributed by atoms with Gasteiger partial charge in [0.15, 0.2) is 0 Å². The van der Waals surface area contributed by atoms with E-state index in [0.29, 0.717) is 18.7 Å². The van der Waals surface area contributed by atoms with Crippen LogP contribution in [0.1, 0.15) is 19.3 Å². The number of imide groups is 1. The average molecular weight is 322 g/mol. The lowest BCUT2D eigenvalue weighted by Gasteiger charge is -2.39. The molecule has 0 saturated carbocycles. The normalized spacial score (nSPS) is 25.1. The van der Waals surface area contributed by atoms with Crippen LogP contribution in [0.2, 0.25) is 0 Å². The molecular weight excluding hydrogens is 306 g/mol. The first kappa shape index (κ1) is 13.4. The highest BCUT2D eigenvalue weighted by atomic mass is 79.9. The minimum atomic E-state index is -0.0898. The van der Waals surface area contributed by atoms with Gasteiger partial charge in [0, 0.05) is 42.7 Å². The van der Waals surface area contributed by atoms with Crippen LogP contribution in [0.3, 0.4) is 0 Å². The van der Waals surface area contributed by atoms with Gasteiger partial charge in [-0.2, -0.15) is 0 Å². The van der Waals surface area contributed by atoms with Crippen molar-refractivity contribution < 1.29 is 14.3 Å². The van der Waals surface area contributed by atoms with E-state index in [1.165, 1.54) is 16.7 Å². The Balaban J connectivity index is 2.06. The Labute approximate surface area is 114 Å². The molecule has 0 aromatic rings. The molecule has 0 aromatic carbocycles. The molecule has 0 aromatic heterocycles. The molecule has 0 N–H and O–H groups in total. The number of thioether (sulfide) groups is 1. The van der Waals surface area contributed by atoms with Crippen molar-refractivity contribution in [3.8, 4) is 0 Å². The summed E-state index contributed by atoms with van der Waals surface area (Å²) in [4.78, 5) is 25.0. The lowest BCUT2D eigenvalue weighted by molar-refractivity contribution is -0.129. The first-order valence-corrected chi connectivity index (χ1v) is 7.88. The average Bonchev–Trinajstić information content (AvgIpc) is 2.35. The molecule has 4 nitrogen and oxygen atoms in total. The number of halogens is 1. The summed E-state index contributed by atoms with van der Waals surface area (Å²) in [6.45, 7) is 1.97. The Morgan fingerprint density at radius 1 is 1.35 bits per heavy atom. The van der Waals surface area contributed by atoms with Gasteiger partial charge in [-0.15, -0.1) is 0 Å². The number of carbonyl (C=O) groups excluding carboxylic acids is 2. The van der Waals surface area contributed by atoms with Gasteiger partial charge in [-0.3, -0.25) is 14.5 Å². The van der Waals surface area contributed by atoms with E-state index in [9.17, 15) is 9.59 Å². The number of nitrogens with zero attached hydrogens (tertiary/aromatic N) is 1. The van der Waals surface area contributed by atoms with Gasteiger partial charge in [0.25, 0.3) is 5.24 Å². The van der Waals surface area contributed by atoms with E-state index in [4.69, 9.17) is 4.74 Å². The van der Waals surface area contributed by atoms with E-state index >= 15 is 0 Å². The molecule has 2 aliphatic heterocycles. The highest BCUT2D eigenvalue weighted by molar-refractivity contribution is 9.09. The second-order valence-electron chi connectivity index (χ2n) is 4.59. The lowest BCUT2D eigenvalue weighted by atomic mass is 9.82. The zero-order chi connectivity index (χ0) is 12.3. The molecule has 0 unspecified atom stereocenters. The van der Waals surface area contributed by atoms with Crippen molar-refractivity contribution in [1.29, 1.82) is 0 Å². The summed E-state index contributed by atoms with van der Waals surface area (Å²) in [7, 11) is 0. The maximum Gasteiger partial charge on any atom is 0.288 e. The molecule has 0 spiro atoms. The molecule has 0 bridgehead atoms. The quantitative estimate of drug-likeness (QED) is 0.748. The predicted octanol–water partition coefficient (Wildman–Crippen LogP) is 2.26. The van der Waals surface area contributed by atoms with Gasteiger partial charge in [0.1, 0.15) is 0 Å². The van der Waals surface area contributed by atoms with Crippen LogP contribution in [-0.4, -0.2) is 46.9 Å². The van der Waals surface area contributed by atoms with Crippen LogP contribution in [0.15, 0.2) is 0 Å². The van der Waals surface area contributed by atoms with E-state index in [1.54, 1.807) is 0 Å². The van der Waals surface area contributed by atoms with Crippen LogP contribution in [0.25, 0.3) is 0 Å². The van der Waals surface area contributed by atoms with E-state index in [1.807, 2.05) is 0 Å². The monoisotopic (exact) mass is 321 g/mol. The number of hydrogen-bond donors (Lipinski definition) is 0. The maximum atomic E-state index is 11.8. The van der Waals surface area contributed by atoms with Gasteiger partial charge in [-0.25, -0.2) is 0 Å². The second kappa shape index (κ2) is 5.71. The maximum absolute atomic E-state index is 11.8. The van der Waals surface area contributed by atoms with E-state index < -0.39 is 0 Å². The molecular formula is C11H16BrNO3S. The zero-order valence-corrected chi connectivity index (χ0v) is 12.0. The predicted molar refractivity (Wildman–Crippen MR) is 70.5 cm³/mol. The first-order chi connectivity index (χ1) is 8.17. The summed E-state index contributed by atoms with van der Waals surface area (Å²) in [6, 6.07) is 0. The fraction of sp³-hybridized carbons (Fsp3) is 0.818. The third-order valence-electron chi connectivity index (χ3n) is 3.39. The van der Waals surface area contributed by atoms with Gasteiger partial charge in [0.2, 0.25) is 5.91 Å². The Morgan fingerprint density at radius 3 is 2.65 bits per heavy atom. The molecule has 2 heterocycles. The number of hydrogen-bond acceptors (Lipinski definition) is 4. The van der Waals surface area contributed by atoms with Crippen molar-refractivity contribution >= 4 is 38.8 Å². The van der Waals surface area contributed by atoms with Gasteiger partial charge in [-0.05, 0) is 12.8 Å². The smallest absolute Gasteiger partial charge is 0.288 e. The molecule has 0 radical (unpaired) electrons. The summed E-state index contributed by atoms with van der Waals surface area (Å²) in [5.41, 5.74) is 0.00146. The van der Waals surface area contributed by atoms with Crippen molar-refractivity contribution in [1.82, 2.24) is 4.90 Å². The molecule has 2 amide bonds. The van der Waals surface area contributed by atoms with Crippen molar-refractivity contribution in [2.45, 2.75) is 19.3 Å². The van der Waals surface area contributed by atoms with Gasteiger partial charge >= 0.3 is 0 Å². The fourth-order valence-electron chi connectivity index (χ4n) is 2.17. The largest absolute Gasteiger partial charge is 0.381 e. The summed E-state index contributed by atoms with van der Waals surface area (Å²) in [6.07, 6.45) is 2.28. The van der Waals surface area contributed by atoms with Crippen LogP contribution in [-0.2, 0) is 9.53 Å². The van der Waals surface area contributed by atoms with Gasteiger partial charge in [-0.1, -0.05) is 27.7 Å². The van der Waals surface area contributed by atoms with Crippen LogP contribution >= 0.6 is 27.7 Å². The van der Waals surface area contributed by atoms with E-state index in [2.05, 4.69) is 15.9 Å². The molecule has 2 aliphatic rings. The SMILES string of the molecule is O=C1CCSC(=O)N1CC1(CBr)CCOCC1. The Hall–Kier alpha value is -0.0700. The molecule has 6 heteroatoms. The standard InChI is InChI=1S/C11H16BrNO3S/c12-7-11(2-4-16-5-3-11)8-13-9(14)1-6-17-10(13)15/h1-8H2. The Kier molecular flexibility index (Phi) is 4.49. The second-order valence-corrected chi connectivity index (χ2v) is 6.20. The summed E-state index contributed by atoms with van der Waals surface area (Å²) >= 11 is 4.77. The molecule has 17 heavy (non-hydrogen) atoms. The molecule has 2 rings (SSSR count). The summed E-state index contributed by atoms with van der Waals surface area (Å²) in [5.74, 6) is 0.596. The molecule has 0 aliphatic carbocycles. The van der Waals surface area contributed by atoms with Crippen molar-refractivity contribution in [3.63, 3.8) is 0 Å². The Bertz CT molecular complexity index is 302. The summed E-state index contributed by atoms with van der Waals surface area (Å²) < 4.78 is 5.36. The highest BCUT2D eigenvalue weighted by Crippen LogP contribution is 2.35. The number of rotatable bonds is 3. The highest BCUT2D eigenvalue weighted by Gasteiger charge is 2.38. The lowest BCUT2D eigenvalue weighted by Crippen LogP contribution is -2.48. The number of carbonyl (C=O) groups is 2. The van der Waals surface area contributed by atoms with Crippen molar-refractivity contribution in [3.05, 3.63) is 0 Å². The van der Waals surface area contributed by atoms with Crippen molar-refractivity contribution in [2.24, 2.45) is 5.41 Å². The molecule has 0 atom stereocenters. The minimum absolute atomic E-state index is 0.00146. The van der Waals surface area contributed by atoms with Gasteiger partial charge < -0.3 is 4.74 Å². The van der Waals surface area contributed by atoms with E-state index in [0.717, 1.165) is 31.4 Å². The van der Waals surface area contributed by atoms with Crippen LogP contribution < -0.4 is 0 Å². The first-order valence-electron chi connectivity index (χ1n) is 5.78. The molecule has 96 valence electrons.